The van der Waals surface area contributed by atoms with Gasteiger partial charge in [-0.2, -0.15) is 0 Å². The predicted molar refractivity (Wildman–Crippen MR) is 34.9 cm³/mol. The molecule has 0 radical (unpaired) electrons. The molecule has 0 spiro atoms. The molecule has 0 unspecified atom stereocenters. The largest absolute Gasteiger partial charge is 0.308 e. The lowest BCUT2D eigenvalue weighted by Gasteiger charge is -1.77. The summed E-state index contributed by atoms with van der Waals surface area (Å²) in [5.41, 5.74) is 0. The van der Waals surface area contributed by atoms with Crippen LogP contribution in [0.4, 0.5) is 0 Å². The van der Waals surface area contributed by atoms with Gasteiger partial charge in [-0.25, -0.2) is 0 Å². The third kappa shape index (κ3) is 1.08. The lowest BCUT2D eigenvalue weighted by Crippen LogP contribution is -2.04. The number of aldehydes is 1. The van der Waals surface area contributed by atoms with Crippen LogP contribution in [0.25, 0.3) is 0 Å². The number of hydrogen-bond donors (Lipinski definition) is 0. The normalized spacial score (nSPS) is 9.44. The van der Waals surface area contributed by atoms with Crippen LogP contribution >= 0.6 is 11.3 Å². The summed E-state index contributed by atoms with van der Waals surface area (Å²) in [4.78, 5) is 21.0. The Morgan fingerprint density at radius 2 is 2.44 bits per heavy atom. The molecule has 0 fully saturated rings. The molecule has 0 aromatic carbocycles. The Morgan fingerprint density at radius 3 is 2.67 bits per heavy atom. The molecule has 1 aromatic heterocycles. The summed E-state index contributed by atoms with van der Waals surface area (Å²) in [7, 11) is 1.62. The van der Waals surface area contributed by atoms with E-state index in [1.54, 1.807) is 7.05 Å². The summed E-state index contributed by atoms with van der Waals surface area (Å²) >= 11 is 0.954. The topological polar surface area (TPSA) is 39.1 Å². The zero-order valence-corrected chi connectivity index (χ0v) is 5.64. The van der Waals surface area contributed by atoms with Crippen LogP contribution in [0.15, 0.2) is 11.0 Å². The smallest absolute Gasteiger partial charge is 0.307 e. The second kappa shape index (κ2) is 2.14. The third-order valence-corrected chi connectivity index (χ3v) is 1.83. The number of aryl methyl sites for hydroxylation is 1. The fraction of sp³-hybridized carbons (Fsp3) is 0.200. The minimum Gasteiger partial charge on any atom is -0.308 e. The number of nitrogens with zero attached hydrogens (tertiary/aromatic N) is 1. The van der Waals surface area contributed by atoms with Crippen molar-refractivity contribution in [2.45, 2.75) is 0 Å². The SMILES string of the molecule is Cn1cc(C=O)sc1=O. The van der Waals surface area contributed by atoms with Gasteiger partial charge in [-0.15, -0.1) is 0 Å². The Morgan fingerprint density at radius 1 is 1.78 bits per heavy atom. The number of aromatic nitrogens is 1. The van der Waals surface area contributed by atoms with Gasteiger partial charge in [0, 0.05) is 13.2 Å². The van der Waals surface area contributed by atoms with Gasteiger partial charge in [-0.05, 0) is 0 Å². The van der Waals surface area contributed by atoms with E-state index in [-0.39, 0.29) is 4.87 Å². The van der Waals surface area contributed by atoms with E-state index >= 15 is 0 Å². The van der Waals surface area contributed by atoms with Gasteiger partial charge in [0.2, 0.25) is 0 Å². The zero-order chi connectivity index (χ0) is 6.85. The van der Waals surface area contributed by atoms with E-state index in [0.29, 0.717) is 11.2 Å². The summed E-state index contributed by atoms with van der Waals surface area (Å²) in [5, 5.41) is 0. The van der Waals surface area contributed by atoms with E-state index in [0.717, 1.165) is 11.3 Å². The summed E-state index contributed by atoms with van der Waals surface area (Å²) < 4.78 is 1.38. The fourth-order valence-electron chi connectivity index (χ4n) is 0.497. The van der Waals surface area contributed by atoms with E-state index in [9.17, 15) is 9.59 Å². The lowest BCUT2D eigenvalue weighted by molar-refractivity contribution is 0.112. The number of thiazole rings is 1. The summed E-state index contributed by atoms with van der Waals surface area (Å²) in [5.74, 6) is 0. The van der Waals surface area contributed by atoms with Crippen LogP contribution in [0.2, 0.25) is 0 Å². The van der Waals surface area contributed by atoms with Crippen LogP contribution < -0.4 is 4.87 Å². The quantitative estimate of drug-likeness (QED) is 0.529. The first-order chi connectivity index (χ1) is 4.24. The van der Waals surface area contributed by atoms with Crippen LogP contribution in [0.5, 0.6) is 0 Å². The van der Waals surface area contributed by atoms with Gasteiger partial charge < -0.3 is 4.57 Å². The maximum Gasteiger partial charge on any atom is 0.307 e. The molecule has 0 aliphatic carbocycles. The van der Waals surface area contributed by atoms with Crippen molar-refractivity contribution >= 4 is 17.6 Å². The van der Waals surface area contributed by atoms with Crippen LogP contribution in [-0.4, -0.2) is 10.9 Å². The molecule has 0 saturated heterocycles. The van der Waals surface area contributed by atoms with E-state index < -0.39 is 0 Å². The average Bonchev–Trinajstić information content (AvgIpc) is 2.13. The van der Waals surface area contributed by atoms with Crippen LogP contribution in [0.1, 0.15) is 9.67 Å². The first kappa shape index (κ1) is 6.22. The van der Waals surface area contributed by atoms with Gasteiger partial charge in [0.05, 0.1) is 4.88 Å². The molecule has 0 atom stereocenters. The Bertz CT molecular complexity index is 273. The van der Waals surface area contributed by atoms with E-state index in [2.05, 4.69) is 0 Å². The molecule has 0 aliphatic rings. The second-order valence-corrected chi connectivity index (χ2v) is 2.65. The number of carbonyl (C=O) groups is 1. The molecule has 4 heteroatoms. The van der Waals surface area contributed by atoms with E-state index in [4.69, 9.17) is 0 Å². The van der Waals surface area contributed by atoms with Crippen LogP contribution in [0.3, 0.4) is 0 Å². The fourth-order valence-corrected chi connectivity index (χ4v) is 1.15. The van der Waals surface area contributed by atoms with Crippen molar-refractivity contribution in [1.82, 2.24) is 4.57 Å². The van der Waals surface area contributed by atoms with Gasteiger partial charge in [0.1, 0.15) is 0 Å². The Hall–Kier alpha value is -0.900. The molecule has 0 bridgehead atoms. The molecule has 3 nitrogen and oxygen atoms in total. The summed E-state index contributed by atoms with van der Waals surface area (Å²) in [6.45, 7) is 0. The van der Waals surface area contributed by atoms with Crippen molar-refractivity contribution in [3.63, 3.8) is 0 Å². The van der Waals surface area contributed by atoms with Crippen molar-refractivity contribution in [2.75, 3.05) is 0 Å². The molecular weight excluding hydrogens is 138 g/mol. The standard InChI is InChI=1S/C5H5NO2S/c1-6-2-4(3-7)9-5(6)8/h2-3H,1H3. The van der Waals surface area contributed by atoms with Gasteiger partial charge in [-0.1, -0.05) is 11.3 Å². The minimum absolute atomic E-state index is 0.0999. The lowest BCUT2D eigenvalue weighted by atomic mass is 10.6. The number of carbonyl (C=O) groups excluding carboxylic acids is 1. The van der Waals surface area contributed by atoms with Crippen molar-refractivity contribution in [3.8, 4) is 0 Å². The molecule has 0 amide bonds. The Kier molecular flexibility index (Phi) is 1.48. The van der Waals surface area contributed by atoms with Crippen molar-refractivity contribution in [2.24, 2.45) is 7.05 Å². The predicted octanol–water partition coefficient (Wildman–Crippen LogP) is 0.259. The molecule has 1 heterocycles. The number of rotatable bonds is 1. The molecule has 0 N–H and O–H groups in total. The summed E-state index contributed by atoms with van der Waals surface area (Å²) in [6.07, 6.45) is 2.19. The molecular formula is C5H5NO2S. The van der Waals surface area contributed by atoms with Crippen molar-refractivity contribution in [3.05, 3.63) is 20.7 Å². The minimum atomic E-state index is -0.0999. The highest BCUT2D eigenvalue weighted by Crippen LogP contribution is 1.96. The van der Waals surface area contributed by atoms with Crippen LogP contribution in [0, 0.1) is 0 Å². The highest BCUT2D eigenvalue weighted by molar-refractivity contribution is 7.10. The first-order valence-electron chi connectivity index (χ1n) is 2.35. The van der Waals surface area contributed by atoms with E-state index in [1.807, 2.05) is 0 Å². The van der Waals surface area contributed by atoms with Gasteiger partial charge in [0.15, 0.2) is 6.29 Å². The maximum atomic E-state index is 10.6. The highest BCUT2D eigenvalue weighted by atomic mass is 32.1. The Labute approximate surface area is 55.6 Å². The molecule has 9 heavy (non-hydrogen) atoms. The highest BCUT2D eigenvalue weighted by Gasteiger charge is 1.96. The molecule has 1 rings (SSSR count). The van der Waals surface area contributed by atoms with Gasteiger partial charge in [-0.3, -0.25) is 9.59 Å². The van der Waals surface area contributed by atoms with Crippen molar-refractivity contribution in [1.29, 1.82) is 0 Å². The summed E-state index contributed by atoms with van der Waals surface area (Å²) in [6, 6.07) is 0. The second-order valence-electron chi connectivity index (χ2n) is 1.63. The maximum absolute atomic E-state index is 10.6. The molecule has 0 aliphatic heterocycles. The third-order valence-electron chi connectivity index (χ3n) is 0.930. The van der Waals surface area contributed by atoms with Gasteiger partial charge >= 0.3 is 4.87 Å². The van der Waals surface area contributed by atoms with Gasteiger partial charge in [0.25, 0.3) is 0 Å². The monoisotopic (exact) mass is 143 g/mol. The molecule has 1 aromatic rings. The molecule has 0 saturated carbocycles. The number of hydrogen-bond acceptors (Lipinski definition) is 3. The van der Waals surface area contributed by atoms with E-state index in [1.165, 1.54) is 10.8 Å². The van der Waals surface area contributed by atoms with Crippen molar-refractivity contribution < 1.29 is 4.79 Å². The molecule has 48 valence electrons. The average molecular weight is 143 g/mol. The zero-order valence-electron chi connectivity index (χ0n) is 4.83. The van der Waals surface area contributed by atoms with Crippen LogP contribution in [-0.2, 0) is 7.05 Å². The Balaban J connectivity index is 3.28. The first-order valence-corrected chi connectivity index (χ1v) is 3.17.